The third kappa shape index (κ3) is 4.89. The lowest BCUT2D eigenvalue weighted by molar-refractivity contribution is 0.581. The Labute approximate surface area is 134 Å². The van der Waals surface area contributed by atoms with E-state index in [1.165, 1.54) is 0 Å². The highest BCUT2D eigenvalue weighted by Gasteiger charge is 2.12. The average Bonchev–Trinajstić information content (AvgIpc) is 2.82. The lowest BCUT2D eigenvalue weighted by Crippen LogP contribution is -2.24. The topological polar surface area (TPSA) is 72.2 Å². The third-order valence-electron chi connectivity index (χ3n) is 2.83. The van der Waals surface area contributed by atoms with Crippen molar-refractivity contribution in [3.8, 4) is 0 Å². The molecule has 3 N–H and O–H groups in total. The zero-order chi connectivity index (χ0) is 15.5. The van der Waals surface area contributed by atoms with Gasteiger partial charge in [0.2, 0.25) is 10.0 Å². The molecule has 21 heavy (non-hydrogen) atoms. The van der Waals surface area contributed by atoms with Crippen molar-refractivity contribution in [2.75, 3.05) is 0 Å². The quantitative estimate of drug-likeness (QED) is 0.792. The minimum Gasteiger partial charge on any atom is -0.389 e. The van der Waals surface area contributed by atoms with Crippen LogP contribution in [0, 0.1) is 6.92 Å². The Hall–Kier alpha value is -1.28. The number of hydrogen-bond acceptors (Lipinski definition) is 4. The summed E-state index contributed by atoms with van der Waals surface area (Å²) in [4.78, 5) is 2.41. The number of sulfonamides is 1. The van der Waals surface area contributed by atoms with E-state index >= 15 is 0 Å². The number of hydrogen-bond donors (Lipinski definition) is 2. The van der Waals surface area contributed by atoms with E-state index in [0.29, 0.717) is 17.7 Å². The van der Waals surface area contributed by atoms with E-state index in [2.05, 4.69) is 4.72 Å². The number of thiophene rings is 1. The summed E-state index contributed by atoms with van der Waals surface area (Å²) in [6, 6.07) is 10.9. The molecule has 2 rings (SSSR count). The highest BCUT2D eigenvalue weighted by atomic mass is 32.2. The highest BCUT2D eigenvalue weighted by molar-refractivity contribution is 7.88. The van der Waals surface area contributed by atoms with Gasteiger partial charge in [-0.3, -0.25) is 0 Å². The zero-order valence-corrected chi connectivity index (χ0v) is 13.9. The molecule has 0 amide bonds. The van der Waals surface area contributed by atoms with E-state index in [1.54, 1.807) is 35.6 Å². The minimum atomic E-state index is -3.39. The minimum absolute atomic E-state index is 0.0895. The SMILES string of the molecule is Cc1ccc(CNS(=O)(=O)Cc2cccc(C(N)=S)c2)s1. The standard InChI is InChI=1S/C14H16N2O2S3/c1-10-5-6-13(20-10)8-16-21(17,18)9-11-3-2-4-12(7-11)14(15)19/h2-7,16H,8-9H2,1H3,(H2,15,19). The fourth-order valence-corrected chi connectivity index (χ4v) is 3.99. The molecule has 0 aliphatic carbocycles. The number of nitrogens with one attached hydrogen (secondary N) is 1. The van der Waals surface area contributed by atoms with Crippen LogP contribution in [0.15, 0.2) is 36.4 Å². The van der Waals surface area contributed by atoms with Gasteiger partial charge in [0.1, 0.15) is 4.99 Å². The van der Waals surface area contributed by atoms with E-state index in [-0.39, 0.29) is 10.7 Å². The lowest BCUT2D eigenvalue weighted by Gasteiger charge is -2.07. The van der Waals surface area contributed by atoms with Crippen LogP contribution in [0.2, 0.25) is 0 Å². The molecule has 2 aromatic rings. The second-order valence-corrected chi connectivity index (χ2v) is 8.28. The summed E-state index contributed by atoms with van der Waals surface area (Å²) in [6.07, 6.45) is 0. The van der Waals surface area contributed by atoms with Crippen molar-refractivity contribution in [3.05, 3.63) is 57.3 Å². The summed E-state index contributed by atoms with van der Waals surface area (Å²) < 4.78 is 26.8. The summed E-state index contributed by atoms with van der Waals surface area (Å²) in [5.74, 6) is -0.0895. The van der Waals surface area contributed by atoms with Crippen LogP contribution in [-0.2, 0) is 22.3 Å². The molecular weight excluding hydrogens is 324 g/mol. The number of aryl methyl sites for hydroxylation is 1. The van der Waals surface area contributed by atoms with Crippen molar-refractivity contribution < 1.29 is 8.42 Å². The molecule has 0 unspecified atom stereocenters. The van der Waals surface area contributed by atoms with Gasteiger partial charge in [0.05, 0.1) is 5.75 Å². The Morgan fingerprint density at radius 2 is 2.10 bits per heavy atom. The second kappa shape index (κ2) is 6.65. The first-order chi connectivity index (χ1) is 9.85. The van der Waals surface area contributed by atoms with Gasteiger partial charge < -0.3 is 5.73 Å². The van der Waals surface area contributed by atoms with E-state index in [4.69, 9.17) is 18.0 Å². The third-order valence-corrected chi connectivity index (χ3v) is 5.36. The molecule has 0 saturated heterocycles. The van der Waals surface area contributed by atoms with Gasteiger partial charge in [-0.05, 0) is 30.7 Å². The molecule has 0 atom stereocenters. The molecule has 0 spiro atoms. The average molecular weight is 340 g/mol. The number of benzene rings is 1. The Kier molecular flexibility index (Phi) is 5.10. The van der Waals surface area contributed by atoms with Crippen LogP contribution in [0.4, 0.5) is 0 Å². The van der Waals surface area contributed by atoms with Gasteiger partial charge in [-0.2, -0.15) is 0 Å². The van der Waals surface area contributed by atoms with E-state index < -0.39 is 10.0 Å². The molecule has 0 aliphatic rings. The first-order valence-corrected chi connectivity index (χ1v) is 9.15. The van der Waals surface area contributed by atoms with Crippen LogP contribution >= 0.6 is 23.6 Å². The van der Waals surface area contributed by atoms with Gasteiger partial charge in [-0.25, -0.2) is 13.1 Å². The van der Waals surface area contributed by atoms with E-state index in [1.807, 2.05) is 19.1 Å². The molecule has 0 fully saturated rings. The van der Waals surface area contributed by atoms with Gasteiger partial charge in [-0.15, -0.1) is 11.3 Å². The first kappa shape index (κ1) is 16.1. The molecule has 1 aromatic heterocycles. The predicted molar refractivity (Wildman–Crippen MR) is 90.8 cm³/mol. The van der Waals surface area contributed by atoms with Crippen LogP contribution in [0.5, 0.6) is 0 Å². The molecule has 0 radical (unpaired) electrons. The fourth-order valence-electron chi connectivity index (χ4n) is 1.85. The molecule has 0 bridgehead atoms. The summed E-state index contributed by atoms with van der Waals surface area (Å²) in [5, 5.41) is 0. The van der Waals surface area contributed by atoms with E-state index in [9.17, 15) is 8.42 Å². The fraction of sp³-hybridized carbons (Fsp3) is 0.214. The maximum Gasteiger partial charge on any atom is 0.216 e. The smallest absolute Gasteiger partial charge is 0.216 e. The summed E-state index contributed by atoms with van der Waals surface area (Å²) in [5.41, 5.74) is 6.89. The maximum absolute atomic E-state index is 12.1. The molecule has 4 nitrogen and oxygen atoms in total. The van der Waals surface area contributed by atoms with Gasteiger partial charge in [0.25, 0.3) is 0 Å². The molecule has 1 aromatic carbocycles. The summed E-state index contributed by atoms with van der Waals surface area (Å²) in [6.45, 7) is 2.31. The number of rotatable bonds is 6. The summed E-state index contributed by atoms with van der Waals surface area (Å²) in [7, 11) is -3.39. The molecular formula is C14H16N2O2S3. The van der Waals surface area contributed by atoms with Crippen molar-refractivity contribution in [1.29, 1.82) is 0 Å². The maximum atomic E-state index is 12.1. The molecule has 1 heterocycles. The Balaban J connectivity index is 2.03. The summed E-state index contributed by atoms with van der Waals surface area (Å²) >= 11 is 6.48. The van der Waals surface area contributed by atoms with Gasteiger partial charge in [-0.1, -0.05) is 30.4 Å². The lowest BCUT2D eigenvalue weighted by atomic mass is 10.1. The Morgan fingerprint density at radius 1 is 1.33 bits per heavy atom. The van der Waals surface area contributed by atoms with Gasteiger partial charge in [0, 0.05) is 21.9 Å². The monoisotopic (exact) mass is 340 g/mol. The largest absolute Gasteiger partial charge is 0.389 e. The van der Waals surface area contributed by atoms with Crippen LogP contribution in [0.1, 0.15) is 20.9 Å². The molecule has 7 heteroatoms. The van der Waals surface area contributed by atoms with Crippen molar-refractivity contribution >= 4 is 38.6 Å². The van der Waals surface area contributed by atoms with Crippen molar-refractivity contribution in [1.82, 2.24) is 4.72 Å². The van der Waals surface area contributed by atoms with Crippen LogP contribution in [0.25, 0.3) is 0 Å². The highest BCUT2D eigenvalue weighted by Crippen LogP contribution is 2.15. The zero-order valence-electron chi connectivity index (χ0n) is 11.5. The van der Waals surface area contributed by atoms with E-state index in [0.717, 1.165) is 9.75 Å². The predicted octanol–water partition coefficient (Wildman–Crippen LogP) is 2.31. The molecule has 0 aliphatic heterocycles. The van der Waals surface area contributed by atoms with Crippen LogP contribution in [-0.4, -0.2) is 13.4 Å². The normalized spacial score (nSPS) is 11.5. The van der Waals surface area contributed by atoms with Crippen molar-refractivity contribution in [3.63, 3.8) is 0 Å². The number of thiocarbonyl (C=S) groups is 1. The second-order valence-electron chi connectivity index (χ2n) is 4.66. The van der Waals surface area contributed by atoms with Crippen molar-refractivity contribution in [2.45, 2.75) is 19.2 Å². The molecule has 0 saturated carbocycles. The van der Waals surface area contributed by atoms with Crippen LogP contribution in [0.3, 0.4) is 0 Å². The Bertz CT molecular complexity index is 751. The first-order valence-electron chi connectivity index (χ1n) is 6.27. The van der Waals surface area contributed by atoms with Gasteiger partial charge >= 0.3 is 0 Å². The Morgan fingerprint density at radius 3 is 2.71 bits per heavy atom. The van der Waals surface area contributed by atoms with Gasteiger partial charge in [0.15, 0.2) is 0 Å². The number of nitrogens with two attached hydrogens (primary N) is 1. The molecule has 112 valence electrons. The van der Waals surface area contributed by atoms with Crippen molar-refractivity contribution in [2.24, 2.45) is 5.73 Å². The van der Waals surface area contributed by atoms with Crippen LogP contribution < -0.4 is 10.5 Å².